The van der Waals surface area contributed by atoms with Crippen molar-refractivity contribution in [2.75, 3.05) is 19.4 Å². The largest absolute Gasteiger partial charge is 0.497 e. The van der Waals surface area contributed by atoms with E-state index in [4.69, 9.17) is 9.47 Å². The molecular weight excluding hydrogens is 457 g/mol. The molecule has 33 heavy (non-hydrogen) atoms. The summed E-state index contributed by atoms with van der Waals surface area (Å²) in [6, 6.07) is 11.7. The van der Waals surface area contributed by atoms with E-state index in [0.717, 1.165) is 30.3 Å². The average Bonchev–Trinajstić information content (AvgIpc) is 3.22. The molecule has 0 aliphatic heterocycles. The van der Waals surface area contributed by atoms with E-state index in [2.05, 4.69) is 15.5 Å². The van der Waals surface area contributed by atoms with Crippen molar-refractivity contribution in [1.29, 1.82) is 0 Å². The van der Waals surface area contributed by atoms with E-state index >= 15 is 0 Å². The van der Waals surface area contributed by atoms with Crippen LogP contribution < -0.4 is 14.8 Å². The van der Waals surface area contributed by atoms with Crippen molar-refractivity contribution in [1.82, 2.24) is 20.1 Å². The Bertz CT molecular complexity index is 1070. The molecule has 7 nitrogen and oxygen atoms in total. The lowest BCUT2D eigenvalue weighted by Crippen LogP contribution is -2.25. The summed E-state index contributed by atoms with van der Waals surface area (Å²) < 4.78 is 52.2. The minimum absolute atomic E-state index is 0.0435. The van der Waals surface area contributed by atoms with Gasteiger partial charge in [-0.1, -0.05) is 24.8 Å². The molecule has 0 atom stereocenters. The first-order valence-electron chi connectivity index (χ1n) is 10.1. The highest BCUT2D eigenvalue weighted by atomic mass is 32.2. The number of amides is 1. The molecule has 1 N–H and O–H groups in total. The topological polar surface area (TPSA) is 78.3 Å². The lowest BCUT2D eigenvalue weighted by Gasteiger charge is -2.13. The summed E-state index contributed by atoms with van der Waals surface area (Å²) in [6.07, 6.45) is -3.71. The molecule has 0 bridgehead atoms. The van der Waals surface area contributed by atoms with Crippen LogP contribution in [0, 0.1) is 0 Å². The fraction of sp³-hybridized carbons (Fsp3) is 0.318. The smallest absolute Gasteiger partial charge is 0.416 e. The number of hydrogen-bond acceptors (Lipinski definition) is 6. The van der Waals surface area contributed by atoms with Gasteiger partial charge in [0.05, 0.1) is 24.1 Å². The van der Waals surface area contributed by atoms with Crippen LogP contribution in [0.1, 0.15) is 24.7 Å². The Kier molecular flexibility index (Phi) is 8.21. The van der Waals surface area contributed by atoms with Gasteiger partial charge in [0.1, 0.15) is 18.1 Å². The lowest BCUT2D eigenvalue weighted by atomic mass is 10.2. The van der Waals surface area contributed by atoms with Crippen LogP contribution in [0.5, 0.6) is 11.5 Å². The molecule has 11 heteroatoms. The number of benzene rings is 2. The Balaban J connectivity index is 1.87. The number of nitrogens with zero attached hydrogens (tertiary/aromatic N) is 3. The molecule has 0 aliphatic carbocycles. The fourth-order valence-electron chi connectivity index (χ4n) is 2.83. The van der Waals surface area contributed by atoms with Gasteiger partial charge in [-0.25, -0.2) is 0 Å². The van der Waals surface area contributed by atoms with Crippen molar-refractivity contribution >= 4 is 17.7 Å². The zero-order valence-corrected chi connectivity index (χ0v) is 18.9. The summed E-state index contributed by atoms with van der Waals surface area (Å²) in [6.45, 7) is 2.44. The number of carbonyl (C=O) groups is 1. The molecule has 0 unspecified atom stereocenters. The Hall–Kier alpha value is -3.21. The van der Waals surface area contributed by atoms with Crippen molar-refractivity contribution in [3.05, 3.63) is 59.9 Å². The second-order valence-corrected chi connectivity index (χ2v) is 7.83. The summed E-state index contributed by atoms with van der Waals surface area (Å²) in [5.41, 5.74) is -0.577. The summed E-state index contributed by atoms with van der Waals surface area (Å²) in [5.74, 6) is 1.34. The van der Waals surface area contributed by atoms with Crippen LogP contribution in [0.15, 0.2) is 53.7 Å². The highest BCUT2D eigenvalue weighted by molar-refractivity contribution is 7.99. The van der Waals surface area contributed by atoms with Gasteiger partial charge >= 0.3 is 6.18 Å². The van der Waals surface area contributed by atoms with Crippen molar-refractivity contribution in [3.63, 3.8) is 0 Å². The van der Waals surface area contributed by atoms with Gasteiger partial charge < -0.3 is 14.8 Å². The predicted octanol–water partition coefficient (Wildman–Crippen LogP) is 4.49. The van der Waals surface area contributed by atoms with Gasteiger partial charge in [0.25, 0.3) is 0 Å². The van der Waals surface area contributed by atoms with Gasteiger partial charge in [0, 0.05) is 6.54 Å². The van der Waals surface area contributed by atoms with E-state index in [-0.39, 0.29) is 29.1 Å². The first-order valence-corrected chi connectivity index (χ1v) is 11.1. The number of ether oxygens (including phenoxy) is 2. The normalized spacial score (nSPS) is 11.3. The Labute approximate surface area is 193 Å². The summed E-state index contributed by atoms with van der Waals surface area (Å²) >= 11 is 1.09. The molecule has 0 fully saturated rings. The van der Waals surface area contributed by atoms with E-state index in [1.807, 2.05) is 6.92 Å². The van der Waals surface area contributed by atoms with Crippen LogP contribution in [0.4, 0.5) is 13.2 Å². The Morgan fingerprint density at radius 2 is 1.85 bits per heavy atom. The molecular formula is C22H23F3N4O3S. The van der Waals surface area contributed by atoms with Gasteiger partial charge in [-0.3, -0.25) is 9.36 Å². The van der Waals surface area contributed by atoms with Crippen LogP contribution in [-0.4, -0.2) is 40.1 Å². The summed E-state index contributed by atoms with van der Waals surface area (Å²) in [5, 5.41) is 11.2. The zero-order valence-electron chi connectivity index (χ0n) is 18.1. The van der Waals surface area contributed by atoms with E-state index in [1.54, 1.807) is 31.4 Å². The molecule has 2 aromatic carbocycles. The number of alkyl halides is 3. The molecule has 1 amide bonds. The molecule has 1 heterocycles. The van der Waals surface area contributed by atoms with E-state index in [1.165, 1.54) is 16.7 Å². The number of rotatable bonds is 10. The molecule has 0 aliphatic rings. The van der Waals surface area contributed by atoms with Crippen LogP contribution in [0.3, 0.4) is 0 Å². The molecule has 0 saturated heterocycles. The number of thioether (sulfide) groups is 1. The van der Waals surface area contributed by atoms with Crippen molar-refractivity contribution in [2.24, 2.45) is 0 Å². The van der Waals surface area contributed by atoms with Crippen LogP contribution in [-0.2, 0) is 17.6 Å². The second-order valence-electron chi connectivity index (χ2n) is 6.89. The summed E-state index contributed by atoms with van der Waals surface area (Å²) in [4.78, 5) is 12.0. The molecule has 0 spiro atoms. The predicted molar refractivity (Wildman–Crippen MR) is 118 cm³/mol. The van der Waals surface area contributed by atoms with Gasteiger partial charge in [-0.2, -0.15) is 13.2 Å². The number of methoxy groups -OCH3 is 1. The third-order valence-corrected chi connectivity index (χ3v) is 5.39. The fourth-order valence-corrected chi connectivity index (χ4v) is 3.63. The standard InChI is InChI=1S/C22H23F3N4O3S/c1-3-11-26-20(30)14-33-21-28-27-19(13-32-18-9-7-17(31-2)8-10-18)29(21)16-6-4-5-15(12-16)22(23,24)25/h4-10,12H,3,11,13-14H2,1-2H3,(H,26,30). The molecule has 3 rings (SSSR count). The van der Waals surface area contributed by atoms with E-state index < -0.39 is 11.7 Å². The third-order valence-electron chi connectivity index (χ3n) is 4.46. The molecule has 1 aromatic heterocycles. The second kappa shape index (κ2) is 11.1. The first kappa shape index (κ1) is 24.4. The number of carbonyl (C=O) groups excluding carboxylic acids is 1. The minimum atomic E-state index is -4.50. The molecule has 176 valence electrons. The Morgan fingerprint density at radius 1 is 1.12 bits per heavy atom. The summed E-state index contributed by atoms with van der Waals surface area (Å²) in [7, 11) is 1.55. The van der Waals surface area contributed by atoms with Gasteiger partial charge in [-0.15, -0.1) is 10.2 Å². The number of nitrogens with one attached hydrogen (secondary N) is 1. The number of aromatic nitrogens is 3. The maximum atomic E-state index is 13.3. The van der Waals surface area contributed by atoms with Crippen LogP contribution in [0.2, 0.25) is 0 Å². The maximum Gasteiger partial charge on any atom is 0.416 e. The minimum Gasteiger partial charge on any atom is -0.497 e. The van der Waals surface area contributed by atoms with Crippen LogP contribution >= 0.6 is 11.8 Å². The van der Waals surface area contributed by atoms with E-state index in [0.29, 0.717) is 23.9 Å². The molecule has 3 aromatic rings. The lowest BCUT2D eigenvalue weighted by molar-refractivity contribution is -0.137. The zero-order chi connectivity index (χ0) is 23.8. The number of hydrogen-bond donors (Lipinski definition) is 1. The highest BCUT2D eigenvalue weighted by Crippen LogP contribution is 2.32. The quantitative estimate of drug-likeness (QED) is 0.431. The SMILES string of the molecule is CCCNC(=O)CSc1nnc(COc2ccc(OC)cc2)n1-c1cccc(C(F)(F)F)c1. The average molecular weight is 481 g/mol. The van der Waals surface area contributed by atoms with Gasteiger partial charge in [-0.05, 0) is 48.9 Å². The highest BCUT2D eigenvalue weighted by Gasteiger charge is 2.31. The first-order chi connectivity index (χ1) is 15.8. The van der Waals surface area contributed by atoms with E-state index in [9.17, 15) is 18.0 Å². The maximum absolute atomic E-state index is 13.3. The van der Waals surface area contributed by atoms with Crippen molar-refractivity contribution < 1.29 is 27.4 Å². The van der Waals surface area contributed by atoms with Crippen LogP contribution in [0.25, 0.3) is 5.69 Å². The van der Waals surface area contributed by atoms with Gasteiger partial charge in [0.15, 0.2) is 11.0 Å². The van der Waals surface area contributed by atoms with Crippen molar-refractivity contribution in [2.45, 2.75) is 31.3 Å². The third kappa shape index (κ3) is 6.64. The van der Waals surface area contributed by atoms with Gasteiger partial charge in [0.2, 0.25) is 5.91 Å². The Morgan fingerprint density at radius 3 is 2.52 bits per heavy atom. The monoisotopic (exact) mass is 480 g/mol. The molecule has 0 saturated carbocycles. The number of halogens is 3. The van der Waals surface area contributed by atoms with Crippen molar-refractivity contribution in [3.8, 4) is 17.2 Å². The molecule has 0 radical (unpaired) electrons.